The highest BCUT2D eigenvalue weighted by Gasteiger charge is 2.08. The molecule has 0 unspecified atom stereocenters. The van der Waals surface area contributed by atoms with Gasteiger partial charge in [0.15, 0.2) is 0 Å². The van der Waals surface area contributed by atoms with Crippen LogP contribution >= 0.6 is 11.6 Å². The van der Waals surface area contributed by atoms with E-state index in [1.807, 2.05) is 6.92 Å². The monoisotopic (exact) mass is 285 g/mol. The number of aromatic nitrogens is 2. The Morgan fingerprint density at radius 2 is 2.16 bits per heavy atom. The summed E-state index contributed by atoms with van der Waals surface area (Å²) < 4.78 is 1.41. The van der Waals surface area contributed by atoms with Gasteiger partial charge in [-0.05, 0) is 18.8 Å². The molecule has 0 aliphatic heterocycles. The molecule has 1 rings (SSSR count). The van der Waals surface area contributed by atoms with E-state index in [4.69, 9.17) is 11.6 Å². The van der Waals surface area contributed by atoms with Crippen molar-refractivity contribution in [3.05, 3.63) is 21.6 Å². The maximum absolute atomic E-state index is 11.9. The number of hydrogen-bond donors (Lipinski definition) is 1. The third-order valence-corrected chi connectivity index (χ3v) is 3.31. The van der Waals surface area contributed by atoms with Crippen molar-refractivity contribution in [1.29, 1.82) is 0 Å². The molecule has 0 saturated carbocycles. The molecule has 0 fully saturated rings. The van der Waals surface area contributed by atoms with Gasteiger partial charge in [-0.25, -0.2) is 4.68 Å². The third-order valence-electron chi connectivity index (χ3n) is 2.94. The summed E-state index contributed by atoms with van der Waals surface area (Å²) in [6.07, 6.45) is 5.99. The molecule has 108 valence electrons. The van der Waals surface area contributed by atoms with Crippen molar-refractivity contribution in [3.63, 3.8) is 0 Å². The molecule has 0 saturated heterocycles. The molecule has 1 N–H and O–H groups in total. The first kappa shape index (κ1) is 16.0. The largest absolute Gasteiger partial charge is 0.382 e. The second-order valence-electron chi connectivity index (χ2n) is 5.22. The fourth-order valence-corrected chi connectivity index (χ4v) is 2.07. The minimum absolute atomic E-state index is 0.212. The lowest BCUT2D eigenvalue weighted by Crippen LogP contribution is -2.24. The second-order valence-corrected chi connectivity index (χ2v) is 5.59. The maximum atomic E-state index is 11.9. The molecule has 0 atom stereocenters. The van der Waals surface area contributed by atoms with Crippen LogP contribution in [0, 0.1) is 5.92 Å². The van der Waals surface area contributed by atoms with Gasteiger partial charge in [0.05, 0.1) is 11.9 Å². The van der Waals surface area contributed by atoms with Gasteiger partial charge in [0.1, 0.15) is 5.02 Å². The van der Waals surface area contributed by atoms with Crippen molar-refractivity contribution in [1.82, 2.24) is 9.78 Å². The van der Waals surface area contributed by atoms with Crippen LogP contribution in [0.1, 0.15) is 46.5 Å². The van der Waals surface area contributed by atoms with E-state index in [9.17, 15) is 4.79 Å². The van der Waals surface area contributed by atoms with Gasteiger partial charge in [-0.3, -0.25) is 4.79 Å². The van der Waals surface area contributed by atoms with Crippen LogP contribution in [0.4, 0.5) is 5.69 Å². The van der Waals surface area contributed by atoms with E-state index < -0.39 is 0 Å². The van der Waals surface area contributed by atoms with Gasteiger partial charge >= 0.3 is 0 Å². The standard InChI is InChI=1S/C14H24ClN3O/c1-4-9-18-14(19)13(15)12(10-17-18)16-8-6-5-7-11(2)3/h10-11,16H,4-9H2,1-3H3. The normalized spacial score (nSPS) is 11.0. The average Bonchev–Trinajstić information content (AvgIpc) is 2.37. The Hall–Kier alpha value is -1.03. The predicted octanol–water partition coefficient (Wildman–Crippen LogP) is 3.54. The molecule has 0 aromatic carbocycles. The molecule has 0 bridgehead atoms. The van der Waals surface area contributed by atoms with E-state index in [1.54, 1.807) is 6.20 Å². The van der Waals surface area contributed by atoms with Gasteiger partial charge in [-0.1, -0.05) is 45.2 Å². The van der Waals surface area contributed by atoms with Gasteiger partial charge in [0, 0.05) is 13.1 Å². The second kappa shape index (κ2) is 8.20. The molecule has 0 aliphatic rings. The number of unbranched alkanes of at least 4 members (excludes halogenated alkanes) is 1. The van der Waals surface area contributed by atoms with E-state index in [0.717, 1.165) is 25.3 Å². The molecule has 0 spiro atoms. The SMILES string of the molecule is CCCn1ncc(NCCCCC(C)C)c(Cl)c1=O. The number of aryl methyl sites for hydroxylation is 1. The number of rotatable bonds is 8. The lowest BCUT2D eigenvalue weighted by Gasteiger charge is -2.10. The molecule has 0 amide bonds. The van der Waals surface area contributed by atoms with Crippen molar-refractivity contribution < 1.29 is 0 Å². The highest BCUT2D eigenvalue weighted by molar-refractivity contribution is 6.32. The molecule has 0 aliphatic carbocycles. The van der Waals surface area contributed by atoms with E-state index >= 15 is 0 Å². The molecule has 1 aromatic heterocycles. The van der Waals surface area contributed by atoms with E-state index in [1.165, 1.54) is 17.5 Å². The molecular formula is C14H24ClN3O. The van der Waals surface area contributed by atoms with Crippen molar-refractivity contribution in [2.24, 2.45) is 5.92 Å². The maximum Gasteiger partial charge on any atom is 0.287 e. The highest BCUT2D eigenvalue weighted by Crippen LogP contribution is 2.15. The molecule has 19 heavy (non-hydrogen) atoms. The fourth-order valence-electron chi connectivity index (χ4n) is 1.86. The number of halogens is 1. The minimum Gasteiger partial charge on any atom is -0.382 e. The summed E-state index contributed by atoms with van der Waals surface area (Å²) in [6, 6.07) is 0. The van der Waals surface area contributed by atoms with E-state index in [2.05, 4.69) is 24.3 Å². The Labute approximate surface area is 120 Å². The topological polar surface area (TPSA) is 46.9 Å². The van der Waals surface area contributed by atoms with E-state index in [0.29, 0.717) is 12.2 Å². The molecule has 5 heteroatoms. The summed E-state index contributed by atoms with van der Waals surface area (Å²) in [6.45, 7) is 7.88. The van der Waals surface area contributed by atoms with Crippen LogP contribution in [-0.4, -0.2) is 16.3 Å². The molecule has 1 heterocycles. The lowest BCUT2D eigenvalue weighted by atomic mass is 10.1. The average molecular weight is 286 g/mol. The minimum atomic E-state index is -0.212. The summed E-state index contributed by atoms with van der Waals surface area (Å²) in [4.78, 5) is 11.9. The van der Waals surface area contributed by atoms with Crippen LogP contribution in [0.25, 0.3) is 0 Å². The number of nitrogens with one attached hydrogen (secondary N) is 1. The summed E-state index contributed by atoms with van der Waals surface area (Å²) in [5.41, 5.74) is 0.430. The number of hydrogen-bond acceptors (Lipinski definition) is 3. The first-order valence-corrected chi connectivity index (χ1v) is 7.43. The van der Waals surface area contributed by atoms with E-state index in [-0.39, 0.29) is 10.6 Å². The zero-order valence-corrected chi connectivity index (χ0v) is 12.8. The van der Waals surface area contributed by atoms with Gasteiger partial charge in [0.25, 0.3) is 5.56 Å². The third kappa shape index (κ3) is 5.23. The molecule has 0 radical (unpaired) electrons. The summed E-state index contributed by atoms with van der Waals surface area (Å²) in [5, 5.41) is 7.55. The van der Waals surface area contributed by atoms with Crippen LogP contribution in [0.15, 0.2) is 11.0 Å². The quantitative estimate of drug-likeness (QED) is 0.743. The Balaban J connectivity index is 2.51. The van der Waals surface area contributed by atoms with Gasteiger partial charge in [-0.15, -0.1) is 0 Å². The summed E-state index contributed by atoms with van der Waals surface area (Å²) in [7, 11) is 0. The number of anilines is 1. The zero-order chi connectivity index (χ0) is 14.3. The van der Waals surface area contributed by atoms with Crippen LogP contribution in [-0.2, 0) is 6.54 Å². The molecular weight excluding hydrogens is 262 g/mol. The zero-order valence-electron chi connectivity index (χ0n) is 12.1. The van der Waals surface area contributed by atoms with Gasteiger partial charge in [-0.2, -0.15) is 5.10 Å². The Morgan fingerprint density at radius 1 is 1.42 bits per heavy atom. The van der Waals surface area contributed by atoms with Gasteiger partial charge < -0.3 is 5.32 Å². The smallest absolute Gasteiger partial charge is 0.287 e. The first-order valence-electron chi connectivity index (χ1n) is 7.05. The lowest BCUT2D eigenvalue weighted by molar-refractivity contribution is 0.544. The van der Waals surface area contributed by atoms with Crippen molar-refractivity contribution in [2.45, 2.75) is 53.0 Å². The van der Waals surface area contributed by atoms with Crippen molar-refractivity contribution >= 4 is 17.3 Å². The summed E-state index contributed by atoms with van der Waals surface area (Å²) >= 11 is 6.06. The Kier molecular flexibility index (Phi) is 6.92. The van der Waals surface area contributed by atoms with Crippen LogP contribution in [0.3, 0.4) is 0 Å². The highest BCUT2D eigenvalue weighted by atomic mass is 35.5. The Morgan fingerprint density at radius 3 is 2.79 bits per heavy atom. The van der Waals surface area contributed by atoms with Gasteiger partial charge in [0.2, 0.25) is 0 Å². The fraction of sp³-hybridized carbons (Fsp3) is 0.714. The Bertz CT molecular complexity index is 443. The van der Waals surface area contributed by atoms with Crippen molar-refractivity contribution in [3.8, 4) is 0 Å². The predicted molar refractivity (Wildman–Crippen MR) is 81.0 cm³/mol. The van der Waals surface area contributed by atoms with Crippen molar-refractivity contribution in [2.75, 3.05) is 11.9 Å². The first-order chi connectivity index (χ1) is 9.06. The number of nitrogens with zero attached hydrogens (tertiary/aromatic N) is 2. The van der Waals surface area contributed by atoms with Crippen LogP contribution in [0.2, 0.25) is 5.02 Å². The molecule has 1 aromatic rings. The summed E-state index contributed by atoms with van der Waals surface area (Å²) in [5.74, 6) is 0.739. The van der Waals surface area contributed by atoms with Crippen LogP contribution < -0.4 is 10.9 Å². The molecule has 4 nitrogen and oxygen atoms in total. The van der Waals surface area contributed by atoms with Crippen LogP contribution in [0.5, 0.6) is 0 Å².